The first-order valence-corrected chi connectivity index (χ1v) is 7.88. The largest absolute Gasteiger partial charge is 0.375 e. The lowest BCUT2D eigenvalue weighted by Crippen LogP contribution is -2.47. The van der Waals surface area contributed by atoms with Crippen LogP contribution in [0.4, 0.5) is 0 Å². The molecule has 0 radical (unpaired) electrons. The van der Waals surface area contributed by atoms with Gasteiger partial charge in [-0.15, -0.1) is 0 Å². The Balaban J connectivity index is 1.78. The van der Waals surface area contributed by atoms with Crippen molar-refractivity contribution < 1.29 is 8.95 Å². The van der Waals surface area contributed by atoms with Crippen molar-refractivity contribution in [2.45, 2.75) is 63.8 Å². The molecule has 0 spiro atoms. The zero-order chi connectivity index (χ0) is 11.5. The van der Waals surface area contributed by atoms with Gasteiger partial charge in [0.25, 0.3) is 0 Å². The fraction of sp³-hybridized carbons (Fsp3) is 1.00. The molecule has 2 aliphatic heterocycles. The molecule has 0 aromatic carbocycles. The maximum Gasteiger partial charge on any atom is 0.0565 e. The maximum atomic E-state index is 11.3. The van der Waals surface area contributed by atoms with Crippen LogP contribution >= 0.6 is 0 Å². The van der Waals surface area contributed by atoms with Crippen LogP contribution in [0.2, 0.25) is 0 Å². The third-order valence-corrected chi connectivity index (χ3v) is 4.94. The fourth-order valence-corrected chi connectivity index (χ4v) is 4.13. The minimum atomic E-state index is -0.546. The zero-order valence-corrected chi connectivity index (χ0v) is 11.1. The van der Waals surface area contributed by atoms with Crippen LogP contribution in [0.3, 0.4) is 0 Å². The second-order valence-electron chi connectivity index (χ2n) is 5.21. The molecule has 4 heteroatoms. The van der Waals surface area contributed by atoms with E-state index < -0.39 is 10.8 Å². The van der Waals surface area contributed by atoms with Gasteiger partial charge in [0.15, 0.2) is 0 Å². The summed E-state index contributed by atoms with van der Waals surface area (Å²) in [7, 11) is -0.546. The van der Waals surface area contributed by atoms with Crippen LogP contribution in [0.25, 0.3) is 0 Å². The van der Waals surface area contributed by atoms with Crippen LogP contribution in [-0.2, 0) is 15.5 Å². The van der Waals surface area contributed by atoms with E-state index in [9.17, 15) is 4.21 Å². The summed E-state index contributed by atoms with van der Waals surface area (Å²) >= 11 is 0. The molecule has 2 heterocycles. The molecular formula is C12H23NO2S. The zero-order valence-electron chi connectivity index (χ0n) is 10.3. The standard InChI is InChI=1S/C12H23NO2S/c1-9-7-12(8-10(2)15-9)13-11-3-5-16(14)6-4-11/h9-13H,3-8H2,1-2H3. The quantitative estimate of drug-likeness (QED) is 0.800. The second kappa shape index (κ2) is 5.61. The molecule has 2 rings (SSSR count). The Kier molecular flexibility index (Phi) is 4.39. The van der Waals surface area contributed by atoms with Crippen molar-refractivity contribution in [2.24, 2.45) is 0 Å². The molecule has 0 aromatic heterocycles. The van der Waals surface area contributed by atoms with E-state index in [2.05, 4.69) is 19.2 Å². The van der Waals surface area contributed by atoms with Crippen molar-refractivity contribution in [3.8, 4) is 0 Å². The van der Waals surface area contributed by atoms with E-state index in [1.54, 1.807) is 0 Å². The highest BCUT2D eigenvalue weighted by atomic mass is 32.2. The van der Waals surface area contributed by atoms with Crippen molar-refractivity contribution in [1.82, 2.24) is 5.32 Å². The van der Waals surface area contributed by atoms with Gasteiger partial charge in [0.2, 0.25) is 0 Å². The molecular weight excluding hydrogens is 222 g/mol. The van der Waals surface area contributed by atoms with Crippen molar-refractivity contribution in [2.75, 3.05) is 11.5 Å². The normalized spacial score (nSPS) is 45.5. The number of rotatable bonds is 2. The van der Waals surface area contributed by atoms with E-state index in [0.717, 1.165) is 37.2 Å². The van der Waals surface area contributed by atoms with Gasteiger partial charge in [-0.1, -0.05) is 0 Å². The molecule has 0 aliphatic carbocycles. The van der Waals surface area contributed by atoms with Crippen LogP contribution in [0.15, 0.2) is 0 Å². The lowest BCUT2D eigenvalue weighted by molar-refractivity contribution is -0.0436. The number of ether oxygens (including phenoxy) is 1. The number of nitrogens with one attached hydrogen (secondary N) is 1. The summed E-state index contributed by atoms with van der Waals surface area (Å²) in [6.45, 7) is 4.31. The summed E-state index contributed by atoms with van der Waals surface area (Å²) in [5, 5.41) is 3.72. The Labute approximate surface area is 101 Å². The molecule has 0 bridgehead atoms. The van der Waals surface area contributed by atoms with Gasteiger partial charge in [-0.25, -0.2) is 0 Å². The summed E-state index contributed by atoms with van der Waals surface area (Å²) in [6.07, 6.45) is 5.13. The van der Waals surface area contributed by atoms with Gasteiger partial charge in [-0.05, 0) is 39.5 Å². The van der Waals surface area contributed by atoms with E-state index in [0.29, 0.717) is 24.3 Å². The highest BCUT2D eigenvalue weighted by Crippen LogP contribution is 2.21. The smallest absolute Gasteiger partial charge is 0.0565 e. The first-order chi connectivity index (χ1) is 7.63. The van der Waals surface area contributed by atoms with Gasteiger partial charge < -0.3 is 10.1 Å². The third kappa shape index (κ3) is 3.54. The average Bonchev–Trinajstić information content (AvgIpc) is 2.20. The van der Waals surface area contributed by atoms with Gasteiger partial charge in [0, 0.05) is 34.4 Å². The topological polar surface area (TPSA) is 38.3 Å². The molecule has 0 amide bonds. The summed E-state index contributed by atoms with van der Waals surface area (Å²) in [6, 6.07) is 1.18. The molecule has 3 nitrogen and oxygen atoms in total. The highest BCUT2D eigenvalue weighted by molar-refractivity contribution is 7.85. The van der Waals surface area contributed by atoms with E-state index >= 15 is 0 Å². The average molecular weight is 245 g/mol. The Morgan fingerprint density at radius 2 is 1.62 bits per heavy atom. The molecule has 2 fully saturated rings. The first-order valence-electron chi connectivity index (χ1n) is 6.40. The second-order valence-corrected chi connectivity index (χ2v) is 6.91. The highest BCUT2D eigenvalue weighted by Gasteiger charge is 2.27. The minimum Gasteiger partial charge on any atom is -0.375 e. The van der Waals surface area contributed by atoms with E-state index in [1.165, 1.54) is 0 Å². The third-order valence-electron chi connectivity index (χ3n) is 3.56. The summed E-state index contributed by atoms with van der Waals surface area (Å²) < 4.78 is 17.0. The van der Waals surface area contributed by atoms with Crippen LogP contribution in [0, 0.1) is 0 Å². The lowest BCUT2D eigenvalue weighted by Gasteiger charge is -2.36. The predicted octanol–water partition coefficient (Wildman–Crippen LogP) is 1.44. The monoisotopic (exact) mass is 245 g/mol. The summed E-state index contributed by atoms with van der Waals surface area (Å²) in [4.78, 5) is 0. The van der Waals surface area contributed by atoms with E-state index in [1.807, 2.05) is 0 Å². The number of hydrogen-bond acceptors (Lipinski definition) is 3. The van der Waals surface area contributed by atoms with E-state index in [-0.39, 0.29) is 0 Å². The minimum absolute atomic E-state index is 0.374. The molecule has 2 unspecified atom stereocenters. The SMILES string of the molecule is CC1CC(NC2CCS(=O)CC2)CC(C)O1. The maximum absolute atomic E-state index is 11.3. The molecule has 0 aromatic rings. The molecule has 1 N–H and O–H groups in total. The summed E-state index contributed by atoms with van der Waals surface area (Å²) in [5.74, 6) is 1.76. The fourth-order valence-electron chi connectivity index (χ4n) is 2.84. The molecule has 2 saturated heterocycles. The Hall–Kier alpha value is 0.0700. The molecule has 2 aliphatic rings. The van der Waals surface area contributed by atoms with Crippen LogP contribution in [0.1, 0.15) is 39.5 Å². The molecule has 94 valence electrons. The Bertz CT molecular complexity index is 239. The lowest BCUT2D eigenvalue weighted by atomic mass is 9.98. The summed E-state index contributed by atoms with van der Waals surface area (Å²) in [5.41, 5.74) is 0. The van der Waals surface area contributed by atoms with Gasteiger partial charge in [0.05, 0.1) is 12.2 Å². The van der Waals surface area contributed by atoms with Crippen molar-refractivity contribution in [3.05, 3.63) is 0 Å². The first kappa shape index (κ1) is 12.5. The van der Waals surface area contributed by atoms with Gasteiger partial charge in [-0.3, -0.25) is 4.21 Å². The van der Waals surface area contributed by atoms with Crippen molar-refractivity contribution >= 4 is 10.8 Å². The molecule has 16 heavy (non-hydrogen) atoms. The van der Waals surface area contributed by atoms with Gasteiger partial charge in [0.1, 0.15) is 0 Å². The molecule has 2 atom stereocenters. The van der Waals surface area contributed by atoms with Gasteiger partial charge in [-0.2, -0.15) is 0 Å². The van der Waals surface area contributed by atoms with Crippen LogP contribution in [-0.4, -0.2) is 40.0 Å². The molecule has 0 saturated carbocycles. The predicted molar refractivity (Wildman–Crippen MR) is 67.1 cm³/mol. The van der Waals surface area contributed by atoms with E-state index in [4.69, 9.17) is 4.74 Å². The number of hydrogen-bond donors (Lipinski definition) is 1. The van der Waals surface area contributed by atoms with Gasteiger partial charge >= 0.3 is 0 Å². The van der Waals surface area contributed by atoms with Crippen LogP contribution in [0.5, 0.6) is 0 Å². The van der Waals surface area contributed by atoms with Crippen molar-refractivity contribution in [3.63, 3.8) is 0 Å². The Morgan fingerprint density at radius 1 is 1.06 bits per heavy atom. The van der Waals surface area contributed by atoms with Crippen LogP contribution < -0.4 is 5.32 Å². The Morgan fingerprint density at radius 3 is 2.19 bits per heavy atom. The van der Waals surface area contributed by atoms with Crippen molar-refractivity contribution in [1.29, 1.82) is 0 Å².